The van der Waals surface area contributed by atoms with Crippen LogP contribution >= 0.6 is 0 Å². The number of imide groups is 1. The van der Waals surface area contributed by atoms with Gasteiger partial charge in [0, 0.05) is 30.3 Å². The number of pyridine rings is 1. The topological polar surface area (TPSA) is 102 Å². The Morgan fingerprint density at radius 3 is 2.81 bits per heavy atom. The van der Waals surface area contributed by atoms with E-state index in [0.29, 0.717) is 29.6 Å². The monoisotopic (exact) mass is 364 g/mol. The van der Waals surface area contributed by atoms with Crippen molar-refractivity contribution in [2.75, 3.05) is 18.6 Å². The lowest BCUT2D eigenvalue weighted by Gasteiger charge is -2.26. The van der Waals surface area contributed by atoms with Crippen molar-refractivity contribution in [3.05, 3.63) is 48.7 Å². The van der Waals surface area contributed by atoms with Gasteiger partial charge in [-0.05, 0) is 18.2 Å². The fourth-order valence-corrected chi connectivity index (χ4v) is 2.80. The Bertz CT molecular complexity index is 1020. The molecular weight excluding hydrogens is 348 g/mol. The van der Waals surface area contributed by atoms with Crippen molar-refractivity contribution in [2.24, 2.45) is 0 Å². The number of hydrogen-bond donors (Lipinski definition) is 1. The van der Waals surface area contributed by atoms with E-state index >= 15 is 0 Å². The third-order valence-corrected chi connectivity index (χ3v) is 4.15. The standard InChI is InChI=1S/C18H16N6O3/c1-27-17-7-3-6-15(19-17)24-11-14(21-22-24)12-4-2-5-13(10-12)23-9-8-16(25)20-18(23)26/h2-7,10-11H,8-9H2,1H3,(H,20,25,26). The Hall–Kier alpha value is -3.75. The van der Waals surface area contributed by atoms with Gasteiger partial charge < -0.3 is 4.74 Å². The van der Waals surface area contributed by atoms with Crippen molar-refractivity contribution in [1.82, 2.24) is 25.3 Å². The summed E-state index contributed by atoms with van der Waals surface area (Å²) in [5.41, 5.74) is 2.12. The van der Waals surface area contributed by atoms with Crippen LogP contribution in [-0.4, -0.2) is 45.6 Å². The number of aromatic nitrogens is 4. The zero-order valence-electron chi connectivity index (χ0n) is 14.5. The maximum absolute atomic E-state index is 12.0. The molecule has 1 fully saturated rings. The molecule has 0 bridgehead atoms. The Morgan fingerprint density at radius 2 is 2.00 bits per heavy atom. The number of carbonyl (C=O) groups is 2. The molecule has 0 aliphatic carbocycles. The average Bonchev–Trinajstić information content (AvgIpc) is 3.18. The summed E-state index contributed by atoms with van der Waals surface area (Å²) < 4.78 is 6.68. The molecule has 3 amide bonds. The number of benzene rings is 1. The van der Waals surface area contributed by atoms with Gasteiger partial charge in [-0.3, -0.25) is 15.0 Å². The summed E-state index contributed by atoms with van der Waals surface area (Å²) in [4.78, 5) is 29.2. The van der Waals surface area contributed by atoms with Crippen molar-refractivity contribution in [2.45, 2.75) is 6.42 Å². The quantitative estimate of drug-likeness (QED) is 0.757. The second-order valence-electron chi connectivity index (χ2n) is 5.89. The molecule has 0 atom stereocenters. The predicted molar refractivity (Wildman–Crippen MR) is 96.6 cm³/mol. The third kappa shape index (κ3) is 3.34. The minimum absolute atomic E-state index is 0.263. The van der Waals surface area contributed by atoms with Crippen molar-refractivity contribution in [3.8, 4) is 23.0 Å². The summed E-state index contributed by atoms with van der Waals surface area (Å²) in [7, 11) is 1.55. The van der Waals surface area contributed by atoms with Gasteiger partial charge in [-0.1, -0.05) is 23.4 Å². The highest BCUT2D eigenvalue weighted by Gasteiger charge is 2.24. The molecule has 9 heteroatoms. The fourth-order valence-electron chi connectivity index (χ4n) is 2.80. The van der Waals surface area contributed by atoms with Crippen molar-refractivity contribution in [1.29, 1.82) is 0 Å². The van der Waals surface area contributed by atoms with Gasteiger partial charge in [0.1, 0.15) is 5.69 Å². The van der Waals surface area contributed by atoms with Gasteiger partial charge >= 0.3 is 6.03 Å². The lowest BCUT2D eigenvalue weighted by atomic mass is 10.1. The highest BCUT2D eigenvalue weighted by atomic mass is 16.5. The number of carbonyl (C=O) groups excluding carboxylic acids is 2. The zero-order valence-corrected chi connectivity index (χ0v) is 14.5. The first-order valence-electron chi connectivity index (χ1n) is 8.29. The molecule has 3 heterocycles. The van der Waals surface area contributed by atoms with Crippen molar-refractivity contribution in [3.63, 3.8) is 0 Å². The Balaban J connectivity index is 1.62. The van der Waals surface area contributed by atoms with E-state index in [9.17, 15) is 9.59 Å². The predicted octanol–water partition coefficient (Wildman–Crippen LogP) is 1.78. The van der Waals surface area contributed by atoms with Crippen LogP contribution in [-0.2, 0) is 4.79 Å². The normalized spacial score (nSPS) is 14.2. The molecule has 0 radical (unpaired) electrons. The van der Waals surface area contributed by atoms with Gasteiger partial charge in [0.2, 0.25) is 11.8 Å². The number of nitrogens with zero attached hydrogens (tertiary/aromatic N) is 5. The summed E-state index contributed by atoms with van der Waals surface area (Å²) in [5.74, 6) is 0.802. The van der Waals surface area contributed by atoms with E-state index in [0.717, 1.165) is 5.56 Å². The Kier molecular flexibility index (Phi) is 4.25. The molecule has 1 aromatic carbocycles. The summed E-state index contributed by atoms with van der Waals surface area (Å²) >= 11 is 0. The highest BCUT2D eigenvalue weighted by Crippen LogP contribution is 2.25. The molecule has 2 aromatic heterocycles. The lowest BCUT2D eigenvalue weighted by molar-refractivity contribution is -0.120. The molecule has 9 nitrogen and oxygen atoms in total. The summed E-state index contributed by atoms with van der Waals surface area (Å²) in [5, 5.41) is 10.6. The average molecular weight is 364 g/mol. The number of urea groups is 1. The van der Waals surface area contributed by atoms with Crippen LogP contribution in [0.4, 0.5) is 10.5 Å². The van der Waals surface area contributed by atoms with E-state index in [2.05, 4.69) is 20.6 Å². The Morgan fingerprint density at radius 1 is 1.15 bits per heavy atom. The summed E-state index contributed by atoms with van der Waals surface area (Å²) in [6, 6.07) is 12.3. The molecule has 1 aliphatic rings. The zero-order chi connectivity index (χ0) is 18.8. The van der Waals surface area contributed by atoms with Crippen LogP contribution in [0.3, 0.4) is 0 Å². The largest absolute Gasteiger partial charge is 0.481 e. The summed E-state index contributed by atoms with van der Waals surface area (Å²) in [6.07, 6.45) is 2.02. The van der Waals surface area contributed by atoms with Crippen molar-refractivity contribution < 1.29 is 14.3 Å². The molecule has 0 spiro atoms. The molecule has 3 aromatic rings. The van der Waals surface area contributed by atoms with E-state index in [1.54, 1.807) is 30.1 Å². The maximum atomic E-state index is 12.0. The smallest absolute Gasteiger partial charge is 0.328 e. The Labute approximate surface area is 154 Å². The van der Waals surface area contributed by atoms with Crippen LogP contribution in [0.15, 0.2) is 48.7 Å². The van der Waals surface area contributed by atoms with Gasteiger partial charge in [-0.25, -0.2) is 9.48 Å². The van der Waals surface area contributed by atoms with Gasteiger partial charge in [0.05, 0.1) is 13.3 Å². The first-order chi connectivity index (χ1) is 13.1. The number of ether oxygens (including phenoxy) is 1. The van der Waals surface area contributed by atoms with Crippen LogP contribution in [0.25, 0.3) is 17.1 Å². The van der Waals surface area contributed by atoms with Crippen molar-refractivity contribution >= 4 is 17.6 Å². The molecule has 4 rings (SSSR count). The van der Waals surface area contributed by atoms with E-state index in [4.69, 9.17) is 4.74 Å². The first-order valence-corrected chi connectivity index (χ1v) is 8.29. The maximum Gasteiger partial charge on any atom is 0.328 e. The first kappa shape index (κ1) is 16.7. The number of methoxy groups -OCH3 is 1. The van der Waals surface area contributed by atoms with Crippen LogP contribution in [0.2, 0.25) is 0 Å². The summed E-state index contributed by atoms with van der Waals surface area (Å²) in [6.45, 7) is 0.342. The van der Waals surface area contributed by atoms with Gasteiger partial charge in [0.25, 0.3) is 0 Å². The number of hydrogen-bond acceptors (Lipinski definition) is 6. The SMILES string of the molecule is COc1cccc(-n2cc(-c3cccc(N4CCC(=O)NC4=O)c3)nn2)n1. The molecule has 1 N–H and O–H groups in total. The van der Waals surface area contributed by atoms with E-state index in [1.807, 2.05) is 30.3 Å². The molecule has 1 saturated heterocycles. The minimum Gasteiger partial charge on any atom is -0.481 e. The van der Waals surface area contributed by atoms with Gasteiger partial charge in [-0.2, -0.15) is 4.98 Å². The van der Waals surface area contributed by atoms with Gasteiger partial charge in [0.15, 0.2) is 5.82 Å². The van der Waals surface area contributed by atoms with Crippen LogP contribution < -0.4 is 15.0 Å². The fraction of sp³-hybridized carbons (Fsp3) is 0.167. The molecular formula is C18H16N6O3. The minimum atomic E-state index is -0.423. The second-order valence-corrected chi connectivity index (χ2v) is 5.89. The molecule has 136 valence electrons. The number of amides is 3. The second kappa shape index (κ2) is 6.87. The van der Waals surface area contributed by atoms with Crippen LogP contribution in [0.5, 0.6) is 5.88 Å². The molecule has 0 saturated carbocycles. The number of anilines is 1. The molecule has 27 heavy (non-hydrogen) atoms. The molecule has 0 unspecified atom stereocenters. The van der Waals surface area contributed by atoms with Crippen LogP contribution in [0, 0.1) is 0 Å². The number of nitrogens with one attached hydrogen (secondary N) is 1. The lowest BCUT2D eigenvalue weighted by Crippen LogP contribution is -2.49. The third-order valence-electron chi connectivity index (χ3n) is 4.15. The van der Waals surface area contributed by atoms with E-state index in [1.165, 1.54) is 4.90 Å². The van der Waals surface area contributed by atoms with E-state index in [-0.39, 0.29) is 12.3 Å². The van der Waals surface area contributed by atoms with E-state index < -0.39 is 6.03 Å². The molecule has 1 aliphatic heterocycles. The number of rotatable bonds is 4. The van der Waals surface area contributed by atoms with Gasteiger partial charge in [-0.15, -0.1) is 5.10 Å². The highest BCUT2D eigenvalue weighted by molar-refractivity contribution is 6.05. The van der Waals surface area contributed by atoms with Crippen LogP contribution in [0.1, 0.15) is 6.42 Å².